The first-order valence-electron chi connectivity index (χ1n) is 9.17. The second kappa shape index (κ2) is 7.40. The third kappa shape index (κ3) is 3.77. The number of benzene rings is 2. The molecule has 0 unspecified atom stereocenters. The molecule has 2 aromatic rings. The molecule has 1 saturated heterocycles. The van der Waals surface area contributed by atoms with Gasteiger partial charge in [-0.05, 0) is 48.6 Å². The van der Waals surface area contributed by atoms with Gasteiger partial charge in [0.25, 0.3) is 0 Å². The molecule has 0 aromatic heterocycles. The number of rotatable bonds is 4. The van der Waals surface area contributed by atoms with E-state index in [-0.39, 0.29) is 11.9 Å². The third-order valence-corrected chi connectivity index (χ3v) is 5.29. The lowest BCUT2D eigenvalue weighted by Crippen LogP contribution is -2.55. The number of amides is 1. The Labute approximate surface area is 151 Å². The van der Waals surface area contributed by atoms with Crippen molar-refractivity contribution in [1.29, 1.82) is 0 Å². The summed E-state index contributed by atoms with van der Waals surface area (Å²) in [5.41, 5.74) is 4.91. The van der Waals surface area contributed by atoms with Crippen LogP contribution in [0, 0.1) is 6.92 Å². The largest absolute Gasteiger partial charge is 0.310 e. The van der Waals surface area contributed by atoms with Crippen molar-refractivity contribution in [3.05, 3.63) is 65.2 Å². The van der Waals surface area contributed by atoms with E-state index in [1.54, 1.807) is 0 Å². The minimum Gasteiger partial charge on any atom is -0.310 e. The number of nitrogens with zero attached hydrogens (tertiary/aromatic N) is 2. The zero-order valence-corrected chi connectivity index (χ0v) is 15.7. The summed E-state index contributed by atoms with van der Waals surface area (Å²) in [6.45, 7) is 11.0. The van der Waals surface area contributed by atoms with E-state index in [0.29, 0.717) is 5.92 Å². The van der Waals surface area contributed by atoms with Gasteiger partial charge in [0.1, 0.15) is 0 Å². The molecule has 0 saturated carbocycles. The highest BCUT2D eigenvalue weighted by atomic mass is 16.2. The average molecular weight is 336 g/mol. The summed E-state index contributed by atoms with van der Waals surface area (Å²) in [4.78, 5) is 17.1. The van der Waals surface area contributed by atoms with Crippen LogP contribution in [0.1, 0.15) is 43.4 Å². The molecule has 0 spiro atoms. The summed E-state index contributed by atoms with van der Waals surface area (Å²) in [6, 6.07) is 16.8. The van der Waals surface area contributed by atoms with Gasteiger partial charge in [-0.25, -0.2) is 0 Å². The van der Waals surface area contributed by atoms with Gasteiger partial charge in [-0.1, -0.05) is 50.2 Å². The van der Waals surface area contributed by atoms with Gasteiger partial charge in [-0.15, -0.1) is 0 Å². The monoisotopic (exact) mass is 336 g/mol. The number of aryl methyl sites for hydroxylation is 1. The molecule has 3 nitrogen and oxygen atoms in total. The van der Waals surface area contributed by atoms with Crippen LogP contribution in [0.3, 0.4) is 0 Å². The molecular weight excluding hydrogens is 308 g/mol. The summed E-state index contributed by atoms with van der Waals surface area (Å²) in [5.74, 6) is 0.701. The van der Waals surface area contributed by atoms with E-state index in [9.17, 15) is 4.79 Å². The Bertz CT molecular complexity index is 736. The molecule has 3 rings (SSSR count). The highest BCUT2D eigenvalue weighted by Crippen LogP contribution is 2.24. The maximum absolute atomic E-state index is 12.9. The normalized spacial score (nSPS) is 18.8. The molecule has 2 aromatic carbocycles. The van der Waals surface area contributed by atoms with E-state index < -0.39 is 0 Å². The Hall–Kier alpha value is -2.13. The lowest BCUT2D eigenvalue weighted by Gasteiger charge is -2.39. The zero-order chi connectivity index (χ0) is 18.0. The van der Waals surface area contributed by atoms with Crippen molar-refractivity contribution in [2.45, 2.75) is 46.2 Å². The molecule has 1 amide bonds. The van der Waals surface area contributed by atoms with Crippen molar-refractivity contribution < 1.29 is 4.79 Å². The fraction of sp³-hybridized carbons (Fsp3) is 0.409. The minimum absolute atomic E-state index is 0.0990. The Kier molecular flexibility index (Phi) is 5.24. The Morgan fingerprint density at radius 2 is 1.72 bits per heavy atom. The van der Waals surface area contributed by atoms with Gasteiger partial charge < -0.3 is 4.90 Å². The summed E-state index contributed by atoms with van der Waals surface area (Å²) < 4.78 is 0. The van der Waals surface area contributed by atoms with E-state index in [0.717, 1.165) is 25.3 Å². The standard InChI is InChI=1S/C22H28N2O/c1-16(2)19-9-11-21(12-10-19)24-14-13-23(18(4)22(24)25)15-20-8-6-5-7-17(20)3/h5-12,16,18H,13-15H2,1-4H3/t18-/m0/s1. The van der Waals surface area contributed by atoms with Crippen molar-refractivity contribution in [2.75, 3.05) is 18.0 Å². The SMILES string of the molecule is Cc1ccccc1CN1CCN(c2ccc(C(C)C)cc2)C(=O)[C@@H]1C. The molecular formula is C22H28N2O. The first kappa shape index (κ1) is 17.7. The number of piperazine rings is 1. The van der Waals surface area contributed by atoms with Gasteiger partial charge >= 0.3 is 0 Å². The molecule has 1 fully saturated rings. The summed E-state index contributed by atoms with van der Waals surface area (Å²) in [6.07, 6.45) is 0. The van der Waals surface area contributed by atoms with Gasteiger partial charge in [0.05, 0.1) is 6.04 Å². The predicted molar refractivity (Wildman–Crippen MR) is 104 cm³/mol. The molecule has 0 aliphatic carbocycles. The van der Waals surface area contributed by atoms with Crippen molar-refractivity contribution in [2.24, 2.45) is 0 Å². The van der Waals surface area contributed by atoms with Gasteiger partial charge in [0.2, 0.25) is 5.91 Å². The number of carbonyl (C=O) groups is 1. The van der Waals surface area contributed by atoms with E-state index in [4.69, 9.17) is 0 Å². The molecule has 132 valence electrons. The third-order valence-electron chi connectivity index (χ3n) is 5.29. The van der Waals surface area contributed by atoms with Gasteiger partial charge in [0, 0.05) is 25.3 Å². The van der Waals surface area contributed by atoms with E-state index >= 15 is 0 Å². The van der Waals surface area contributed by atoms with E-state index in [2.05, 4.69) is 74.2 Å². The number of hydrogen-bond donors (Lipinski definition) is 0. The fourth-order valence-corrected chi connectivity index (χ4v) is 3.43. The summed E-state index contributed by atoms with van der Waals surface area (Å²) >= 11 is 0. The van der Waals surface area contributed by atoms with Gasteiger partial charge in [0.15, 0.2) is 0 Å². The molecule has 1 aliphatic rings. The molecule has 1 heterocycles. The Morgan fingerprint density at radius 1 is 1.04 bits per heavy atom. The maximum Gasteiger partial charge on any atom is 0.244 e. The van der Waals surface area contributed by atoms with Crippen LogP contribution in [0.2, 0.25) is 0 Å². The fourth-order valence-electron chi connectivity index (χ4n) is 3.43. The van der Waals surface area contributed by atoms with Crippen molar-refractivity contribution >= 4 is 11.6 Å². The van der Waals surface area contributed by atoms with Crippen LogP contribution in [-0.4, -0.2) is 29.9 Å². The first-order chi connectivity index (χ1) is 12.0. The highest BCUT2D eigenvalue weighted by Gasteiger charge is 2.32. The maximum atomic E-state index is 12.9. The smallest absolute Gasteiger partial charge is 0.244 e. The predicted octanol–water partition coefficient (Wildman–Crippen LogP) is 4.36. The number of anilines is 1. The second-order valence-corrected chi connectivity index (χ2v) is 7.31. The van der Waals surface area contributed by atoms with Crippen molar-refractivity contribution in [3.8, 4) is 0 Å². The topological polar surface area (TPSA) is 23.6 Å². The molecule has 0 bridgehead atoms. The van der Waals surface area contributed by atoms with E-state index in [1.807, 2.05) is 11.8 Å². The summed E-state index contributed by atoms with van der Waals surface area (Å²) in [7, 11) is 0. The average Bonchev–Trinajstić information content (AvgIpc) is 2.61. The van der Waals surface area contributed by atoms with E-state index in [1.165, 1.54) is 16.7 Å². The lowest BCUT2D eigenvalue weighted by molar-refractivity contribution is -0.125. The van der Waals surface area contributed by atoms with Crippen LogP contribution < -0.4 is 4.90 Å². The summed E-state index contributed by atoms with van der Waals surface area (Å²) in [5, 5.41) is 0. The lowest BCUT2D eigenvalue weighted by atomic mass is 10.0. The number of carbonyl (C=O) groups excluding carboxylic acids is 1. The van der Waals surface area contributed by atoms with Crippen molar-refractivity contribution in [1.82, 2.24) is 4.90 Å². The quantitative estimate of drug-likeness (QED) is 0.828. The molecule has 3 heteroatoms. The Morgan fingerprint density at radius 3 is 2.36 bits per heavy atom. The molecule has 1 aliphatic heterocycles. The van der Waals surface area contributed by atoms with Crippen molar-refractivity contribution in [3.63, 3.8) is 0 Å². The van der Waals surface area contributed by atoms with Crippen LogP contribution in [0.5, 0.6) is 0 Å². The molecule has 25 heavy (non-hydrogen) atoms. The van der Waals surface area contributed by atoms with Crippen LogP contribution in [0.25, 0.3) is 0 Å². The number of hydrogen-bond acceptors (Lipinski definition) is 2. The first-order valence-corrected chi connectivity index (χ1v) is 9.17. The minimum atomic E-state index is -0.0990. The molecule has 0 radical (unpaired) electrons. The highest BCUT2D eigenvalue weighted by molar-refractivity contribution is 5.97. The second-order valence-electron chi connectivity index (χ2n) is 7.31. The molecule has 1 atom stereocenters. The van der Waals surface area contributed by atoms with Crippen LogP contribution in [0.15, 0.2) is 48.5 Å². The van der Waals surface area contributed by atoms with Crippen LogP contribution >= 0.6 is 0 Å². The Balaban J connectivity index is 1.72. The van der Waals surface area contributed by atoms with Gasteiger partial charge in [-0.3, -0.25) is 9.69 Å². The zero-order valence-electron chi connectivity index (χ0n) is 15.7. The molecule has 0 N–H and O–H groups in total. The van der Waals surface area contributed by atoms with Gasteiger partial charge in [-0.2, -0.15) is 0 Å². The van der Waals surface area contributed by atoms with Crippen LogP contribution in [-0.2, 0) is 11.3 Å². The van der Waals surface area contributed by atoms with Crippen LogP contribution in [0.4, 0.5) is 5.69 Å².